The molecule has 5 heterocycles. The normalized spacial score (nSPS) is 33.3. The maximum atomic E-state index is 13.3. The lowest BCUT2D eigenvalue weighted by Gasteiger charge is -2.46. The molecule has 5 aliphatic rings. The Balaban J connectivity index is 1.05. The third kappa shape index (κ3) is 14.5. The van der Waals surface area contributed by atoms with Crippen LogP contribution in [0.4, 0.5) is 0 Å². The predicted molar refractivity (Wildman–Crippen MR) is 291 cm³/mol. The molecular weight excluding hydrogens is 1230 g/mol. The number of fused-ring (bicyclic) bond motifs is 1. The highest BCUT2D eigenvalue weighted by atomic mass is 16.8. The maximum Gasteiger partial charge on any atom is 0.335 e. The van der Waals surface area contributed by atoms with Crippen molar-refractivity contribution in [3.8, 4) is 57.5 Å². The Labute approximate surface area is 510 Å². The van der Waals surface area contributed by atoms with E-state index in [1.807, 2.05) is 0 Å². The van der Waals surface area contributed by atoms with E-state index in [4.69, 9.17) is 52.1 Å². The van der Waals surface area contributed by atoms with Crippen LogP contribution in [0.25, 0.3) is 18.2 Å². The van der Waals surface area contributed by atoms with E-state index in [9.17, 15) is 117 Å². The van der Waals surface area contributed by atoms with Crippen LogP contribution in [0.2, 0.25) is 0 Å². The lowest BCUT2D eigenvalue weighted by molar-refractivity contribution is -0.364. The number of phenols is 7. The number of benzene rings is 4. The highest BCUT2D eigenvalue weighted by molar-refractivity contribution is 5.88. The van der Waals surface area contributed by atoms with Gasteiger partial charge in [-0.25, -0.2) is 14.4 Å². The zero-order chi connectivity index (χ0) is 66.0. The average Bonchev–Trinajstić information content (AvgIpc) is 0.828. The average molecular weight is 1290 g/mol. The smallest absolute Gasteiger partial charge is 0.335 e. The van der Waals surface area contributed by atoms with E-state index in [2.05, 4.69) is 0 Å². The highest BCUT2D eigenvalue weighted by Gasteiger charge is 2.54. The number of aliphatic carboxylic acids is 1. The third-order valence-corrected chi connectivity index (χ3v) is 14.9. The first-order valence-electron chi connectivity index (χ1n) is 27.3. The van der Waals surface area contributed by atoms with E-state index in [0.717, 1.165) is 72.8 Å². The number of hydrogen-bond acceptors (Lipinski definition) is 33. The Morgan fingerprint density at radius 3 is 1.64 bits per heavy atom. The molecular formula is C57H62O34. The Morgan fingerprint density at radius 2 is 1.04 bits per heavy atom. The van der Waals surface area contributed by atoms with Gasteiger partial charge in [0.1, 0.15) is 109 Å². The number of hydrogen-bond donors (Lipinski definition) is 20. The number of phenolic OH excluding ortho intramolecular Hbond substituents is 7. The number of aliphatic hydroxyl groups excluding tert-OH is 12. The van der Waals surface area contributed by atoms with Crippen LogP contribution in [-0.2, 0) is 52.3 Å². The standard InChI is InChI=1S/C57H62O34/c58-16-33-40(70)45(75)52(91-57-51(44(74)39(69)34(17-59)87-57)89-37(67)8-4-20-2-6-25(61)28(64)10-20)56(86-33)85-32-15-23-26(62)13-22(82-54-47(77)42(72)41(71)35(88-54)18-81-36(66)7-3-19-1-5-24(60)27(63)9-19)14-30(23)83-49(32)21-11-29(65)38(68)31(12-21)84-55-48(78)43(73)46(76)50(90-55)53(79)80/h1-15,33-35,39-52,54-65,68-78H,16-18H2,(H,79,80)/b7-3+,8-4+/t33-,34+,35+,39+,40-,41+,42-,43-,44-,45-,46-,47-,48-,49?,50+,51+,52-,54+,55+,56+,57-/m0/s1. The first-order valence-corrected chi connectivity index (χ1v) is 27.3. The molecule has 34 nitrogen and oxygen atoms in total. The van der Waals surface area contributed by atoms with Crippen LogP contribution >= 0.6 is 0 Å². The van der Waals surface area contributed by atoms with Crippen molar-refractivity contribution in [1.29, 1.82) is 0 Å². The van der Waals surface area contributed by atoms with Crippen LogP contribution in [-0.4, -0.2) is 263 Å². The number of carboxylic acid groups (broad SMARTS) is 1. The van der Waals surface area contributed by atoms with E-state index in [0.29, 0.717) is 0 Å². The van der Waals surface area contributed by atoms with E-state index < -0.39 is 230 Å². The van der Waals surface area contributed by atoms with Gasteiger partial charge in [-0.3, -0.25) is 0 Å². The van der Waals surface area contributed by atoms with Crippen molar-refractivity contribution in [1.82, 2.24) is 0 Å². The molecule has 0 saturated carbocycles. The topological polar surface area (TPSA) is 557 Å². The molecule has 0 aliphatic carbocycles. The van der Waals surface area contributed by atoms with Crippen molar-refractivity contribution in [3.05, 3.63) is 101 Å². The second-order valence-electron chi connectivity index (χ2n) is 21.1. The first kappa shape index (κ1) is 67.0. The SMILES string of the molecule is O=C(/C=C/c1ccc(O)c(O)c1)OC[C@H]1O[C@@H](Oc2cc(O)c3c(c2)OC(c2cc(O)c(O)c(O[C@@H]4O[C@@H](C(=O)O)[C@@H](O)[C@H](O)[C@@H]4O)c2)C(O[C@@H]2O[C@@H](CO)[C@H](O)[C@H](O)[C@@H]2O[C@@H]2O[C@H](CO)[C@@H](O)[C@H](O)[C@H]2OC(=O)/C=C/c2ccc(O)c(O)c2)=C3)[C@@H](O)[C@@H](O)[C@@H]1O. The van der Waals surface area contributed by atoms with Crippen molar-refractivity contribution in [2.45, 2.75) is 129 Å². The zero-order valence-electron chi connectivity index (χ0n) is 46.6. The lowest BCUT2D eigenvalue weighted by atomic mass is 9.96. The highest BCUT2D eigenvalue weighted by Crippen LogP contribution is 2.49. The largest absolute Gasteiger partial charge is 0.507 e. The molecule has 1 unspecified atom stereocenters. The fourth-order valence-corrected chi connectivity index (χ4v) is 9.92. The molecule has 5 aliphatic heterocycles. The zero-order valence-corrected chi connectivity index (χ0v) is 46.6. The van der Waals surface area contributed by atoms with Gasteiger partial charge in [-0.15, -0.1) is 0 Å². The molecule has 34 heteroatoms. The summed E-state index contributed by atoms with van der Waals surface area (Å²) in [6.45, 7) is -2.84. The van der Waals surface area contributed by atoms with Gasteiger partial charge in [0.05, 0.1) is 18.8 Å². The van der Waals surface area contributed by atoms with Gasteiger partial charge in [0.25, 0.3) is 0 Å². The third-order valence-electron chi connectivity index (χ3n) is 14.9. The second-order valence-corrected chi connectivity index (χ2v) is 21.1. The quantitative estimate of drug-likeness (QED) is 0.0240. The van der Waals surface area contributed by atoms with Crippen LogP contribution in [0.3, 0.4) is 0 Å². The van der Waals surface area contributed by atoms with E-state index in [-0.39, 0.29) is 22.3 Å². The maximum absolute atomic E-state index is 13.3. The Hall–Kier alpha value is -8.37. The van der Waals surface area contributed by atoms with Crippen LogP contribution in [0, 0.1) is 0 Å². The Kier molecular flexibility index (Phi) is 20.6. The summed E-state index contributed by atoms with van der Waals surface area (Å²) in [6, 6.07) is 10.7. The summed E-state index contributed by atoms with van der Waals surface area (Å²) < 4.78 is 63.3. The number of carbonyl (C=O) groups is 3. The monoisotopic (exact) mass is 1290 g/mol. The molecule has 4 aromatic rings. The molecule has 9 rings (SSSR count). The summed E-state index contributed by atoms with van der Waals surface area (Å²) in [5.74, 6) is -11.3. The van der Waals surface area contributed by atoms with Gasteiger partial charge in [-0.2, -0.15) is 0 Å². The van der Waals surface area contributed by atoms with Gasteiger partial charge in [-0.1, -0.05) is 12.1 Å². The summed E-state index contributed by atoms with van der Waals surface area (Å²) in [5.41, 5.74) is -0.300. The number of carboxylic acids is 1. The number of carbonyl (C=O) groups excluding carboxylic acids is 2. The first-order chi connectivity index (χ1) is 43.2. The molecule has 4 saturated heterocycles. The van der Waals surface area contributed by atoms with Crippen LogP contribution < -0.4 is 14.2 Å². The van der Waals surface area contributed by atoms with E-state index >= 15 is 0 Å². The molecule has 91 heavy (non-hydrogen) atoms. The molecule has 0 spiro atoms. The summed E-state index contributed by atoms with van der Waals surface area (Å²) in [5, 5.41) is 213. The summed E-state index contributed by atoms with van der Waals surface area (Å²) >= 11 is 0. The molecule has 0 radical (unpaired) electrons. The van der Waals surface area contributed by atoms with Crippen molar-refractivity contribution >= 4 is 36.1 Å². The van der Waals surface area contributed by atoms with Crippen LogP contribution in [0.1, 0.15) is 28.4 Å². The number of aliphatic hydroxyl groups is 12. The van der Waals surface area contributed by atoms with E-state index in [1.165, 1.54) is 18.2 Å². The lowest BCUT2D eigenvalue weighted by Crippen LogP contribution is -2.65. The van der Waals surface area contributed by atoms with Crippen LogP contribution in [0.15, 0.2) is 78.6 Å². The fourth-order valence-electron chi connectivity index (χ4n) is 9.92. The minimum atomic E-state index is -2.24. The Morgan fingerprint density at radius 1 is 0.495 bits per heavy atom. The molecule has 4 aromatic carbocycles. The molecule has 4 fully saturated rings. The summed E-state index contributed by atoms with van der Waals surface area (Å²) in [4.78, 5) is 37.9. The van der Waals surface area contributed by atoms with Gasteiger partial charge in [0, 0.05) is 29.8 Å². The van der Waals surface area contributed by atoms with Crippen molar-refractivity contribution in [2.75, 3.05) is 19.8 Å². The fraction of sp³-hybridized carbons (Fsp3) is 0.421. The van der Waals surface area contributed by atoms with Gasteiger partial charge < -0.3 is 154 Å². The number of ether oxygens (including phenoxy) is 11. The molecule has 494 valence electrons. The number of aromatic hydroxyl groups is 7. The van der Waals surface area contributed by atoms with Crippen molar-refractivity contribution in [3.63, 3.8) is 0 Å². The van der Waals surface area contributed by atoms with Crippen molar-refractivity contribution in [2.24, 2.45) is 0 Å². The minimum Gasteiger partial charge on any atom is -0.507 e. The summed E-state index contributed by atoms with van der Waals surface area (Å²) in [6.07, 6.45) is -38.1. The van der Waals surface area contributed by atoms with Crippen molar-refractivity contribution < 1.29 is 169 Å². The van der Waals surface area contributed by atoms with Gasteiger partial charge in [0.2, 0.25) is 24.6 Å². The molecule has 21 atom stereocenters. The number of rotatable bonds is 19. The molecule has 0 aromatic heterocycles. The molecule has 0 amide bonds. The minimum absolute atomic E-state index is 0.156. The van der Waals surface area contributed by atoms with Gasteiger partial charge >= 0.3 is 17.9 Å². The van der Waals surface area contributed by atoms with Gasteiger partial charge in [-0.05, 0) is 65.8 Å². The molecule has 0 bridgehead atoms. The molecule has 20 N–H and O–H groups in total. The van der Waals surface area contributed by atoms with Crippen LogP contribution in [0.5, 0.6) is 57.5 Å². The van der Waals surface area contributed by atoms with Gasteiger partial charge in [0.15, 0.2) is 65.2 Å². The van der Waals surface area contributed by atoms with E-state index in [1.54, 1.807) is 0 Å². The Bertz CT molecular complexity index is 3370. The number of esters is 2. The predicted octanol–water partition coefficient (Wildman–Crippen LogP) is -4.28. The second kappa shape index (κ2) is 28.0. The summed E-state index contributed by atoms with van der Waals surface area (Å²) in [7, 11) is 0.